The molecule has 2 rings (SSSR count). The van der Waals surface area contributed by atoms with E-state index in [4.69, 9.17) is 0 Å². The topological polar surface area (TPSA) is 46.2 Å². The lowest BCUT2D eigenvalue weighted by molar-refractivity contribution is -0.122. The van der Waals surface area contributed by atoms with Gasteiger partial charge in [-0.05, 0) is 43.4 Å². The Morgan fingerprint density at radius 2 is 2.18 bits per heavy atom. The fourth-order valence-electron chi connectivity index (χ4n) is 2.40. The molecule has 0 saturated carbocycles. The molecule has 1 fully saturated rings. The van der Waals surface area contributed by atoms with Crippen molar-refractivity contribution in [1.82, 2.24) is 5.32 Å². The standard InChI is InChI=1S/C14H17NO2/c1-9-7-11(10(2)16)3-4-13(9)12-5-6-15-14(17)8-12/h3-4,7,12H,5-6,8H2,1-2H3,(H,15,17)/t12-/m0/s1. The second-order valence-electron chi connectivity index (χ2n) is 4.67. The molecule has 17 heavy (non-hydrogen) atoms. The highest BCUT2D eigenvalue weighted by Crippen LogP contribution is 2.28. The minimum absolute atomic E-state index is 0.0843. The number of hydrogen-bond acceptors (Lipinski definition) is 2. The van der Waals surface area contributed by atoms with Gasteiger partial charge in [0.1, 0.15) is 0 Å². The highest BCUT2D eigenvalue weighted by atomic mass is 16.1. The van der Waals surface area contributed by atoms with Crippen LogP contribution in [0.1, 0.15) is 47.2 Å². The maximum absolute atomic E-state index is 11.4. The minimum Gasteiger partial charge on any atom is -0.356 e. The van der Waals surface area contributed by atoms with Gasteiger partial charge in [-0.15, -0.1) is 0 Å². The van der Waals surface area contributed by atoms with Gasteiger partial charge in [-0.1, -0.05) is 12.1 Å². The summed E-state index contributed by atoms with van der Waals surface area (Å²) in [5.41, 5.74) is 3.05. The Bertz CT molecular complexity index is 465. The molecular formula is C14H17NO2. The second kappa shape index (κ2) is 4.70. The summed E-state index contributed by atoms with van der Waals surface area (Å²) in [5.74, 6) is 0.502. The molecule has 1 heterocycles. The van der Waals surface area contributed by atoms with Crippen molar-refractivity contribution in [2.45, 2.75) is 32.6 Å². The number of rotatable bonds is 2. The van der Waals surface area contributed by atoms with Gasteiger partial charge in [-0.3, -0.25) is 9.59 Å². The fourth-order valence-corrected chi connectivity index (χ4v) is 2.40. The minimum atomic E-state index is 0.0843. The molecule has 0 aromatic heterocycles. The highest BCUT2D eigenvalue weighted by Gasteiger charge is 2.22. The Balaban J connectivity index is 2.26. The molecule has 1 saturated heterocycles. The molecule has 0 bridgehead atoms. The molecule has 1 atom stereocenters. The average molecular weight is 231 g/mol. The number of carbonyl (C=O) groups excluding carboxylic acids is 2. The molecule has 90 valence electrons. The number of benzene rings is 1. The van der Waals surface area contributed by atoms with Crippen LogP contribution < -0.4 is 5.32 Å². The van der Waals surface area contributed by atoms with Crippen molar-refractivity contribution in [2.24, 2.45) is 0 Å². The molecule has 1 aliphatic heterocycles. The number of carbonyl (C=O) groups is 2. The number of piperidine rings is 1. The number of Topliss-reactive ketones (excluding diaryl/α,β-unsaturated/α-hetero) is 1. The van der Waals surface area contributed by atoms with Crippen LogP contribution in [0.5, 0.6) is 0 Å². The first-order valence-electron chi connectivity index (χ1n) is 5.96. The highest BCUT2D eigenvalue weighted by molar-refractivity contribution is 5.94. The summed E-state index contributed by atoms with van der Waals surface area (Å²) in [6.45, 7) is 4.33. The molecule has 3 heteroatoms. The van der Waals surface area contributed by atoms with Crippen molar-refractivity contribution in [2.75, 3.05) is 6.54 Å². The number of hydrogen-bond donors (Lipinski definition) is 1. The largest absolute Gasteiger partial charge is 0.356 e. The molecule has 0 radical (unpaired) electrons. The van der Waals surface area contributed by atoms with E-state index in [9.17, 15) is 9.59 Å². The van der Waals surface area contributed by atoms with Gasteiger partial charge in [0, 0.05) is 18.5 Å². The van der Waals surface area contributed by atoms with Crippen LogP contribution in [0.15, 0.2) is 18.2 Å². The first-order chi connectivity index (χ1) is 8.08. The van der Waals surface area contributed by atoms with Gasteiger partial charge < -0.3 is 5.32 Å². The van der Waals surface area contributed by atoms with Crippen molar-refractivity contribution in [3.63, 3.8) is 0 Å². The van der Waals surface area contributed by atoms with Crippen molar-refractivity contribution < 1.29 is 9.59 Å². The average Bonchev–Trinajstić information content (AvgIpc) is 2.28. The molecule has 1 aliphatic rings. The summed E-state index contributed by atoms with van der Waals surface area (Å²) in [4.78, 5) is 22.6. The Morgan fingerprint density at radius 1 is 1.41 bits per heavy atom. The molecular weight excluding hydrogens is 214 g/mol. The summed E-state index contributed by atoms with van der Waals surface area (Å²) >= 11 is 0. The summed E-state index contributed by atoms with van der Waals surface area (Å²) in [6, 6.07) is 5.77. The normalized spacial score (nSPS) is 19.9. The lowest BCUT2D eigenvalue weighted by Gasteiger charge is -2.24. The molecule has 1 N–H and O–H groups in total. The van der Waals surface area contributed by atoms with E-state index in [0.29, 0.717) is 12.3 Å². The molecule has 1 amide bonds. The monoisotopic (exact) mass is 231 g/mol. The molecule has 0 aliphatic carbocycles. The summed E-state index contributed by atoms with van der Waals surface area (Å²) in [5, 5.41) is 2.84. The van der Waals surface area contributed by atoms with Crippen molar-refractivity contribution in [3.8, 4) is 0 Å². The van der Waals surface area contributed by atoms with E-state index in [1.54, 1.807) is 6.92 Å². The van der Waals surface area contributed by atoms with Gasteiger partial charge in [0.05, 0.1) is 0 Å². The van der Waals surface area contributed by atoms with Gasteiger partial charge >= 0.3 is 0 Å². The molecule has 1 aromatic carbocycles. The van der Waals surface area contributed by atoms with Crippen molar-refractivity contribution in [1.29, 1.82) is 0 Å². The van der Waals surface area contributed by atoms with E-state index in [0.717, 1.165) is 24.1 Å². The predicted molar refractivity (Wildman–Crippen MR) is 66.2 cm³/mol. The lowest BCUT2D eigenvalue weighted by atomic mass is 9.86. The Morgan fingerprint density at radius 3 is 2.76 bits per heavy atom. The third-order valence-corrected chi connectivity index (χ3v) is 3.36. The van der Waals surface area contributed by atoms with E-state index in [2.05, 4.69) is 5.32 Å². The number of ketones is 1. The number of amides is 1. The fraction of sp³-hybridized carbons (Fsp3) is 0.429. The van der Waals surface area contributed by atoms with E-state index in [1.165, 1.54) is 5.56 Å². The van der Waals surface area contributed by atoms with Crippen LogP contribution >= 0.6 is 0 Å². The van der Waals surface area contributed by atoms with Gasteiger partial charge in [-0.2, -0.15) is 0 Å². The van der Waals surface area contributed by atoms with Crippen LogP contribution in [0.4, 0.5) is 0 Å². The van der Waals surface area contributed by atoms with Gasteiger partial charge in [-0.25, -0.2) is 0 Å². The van der Waals surface area contributed by atoms with Gasteiger partial charge in [0.25, 0.3) is 0 Å². The zero-order valence-electron chi connectivity index (χ0n) is 10.2. The SMILES string of the molecule is CC(=O)c1ccc([C@H]2CCNC(=O)C2)c(C)c1. The van der Waals surface area contributed by atoms with Crippen LogP contribution in [0.2, 0.25) is 0 Å². The molecule has 0 spiro atoms. The van der Waals surface area contributed by atoms with Crippen LogP contribution in [0.3, 0.4) is 0 Å². The van der Waals surface area contributed by atoms with E-state index >= 15 is 0 Å². The van der Waals surface area contributed by atoms with E-state index in [-0.39, 0.29) is 11.7 Å². The third kappa shape index (κ3) is 2.54. The van der Waals surface area contributed by atoms with Crippen molar-refractivity contribution in [3.05, 3.63) is 34.9 Å². The zero-order chi connectivity index (χ0) is 12.4. The van der Waals surface area contributed by atoms with Crippen LogP contribution in [-0.4, -0.2) is 18.2 Å². The first kappa shape index (κ1) is 11.8. The van der Waals surface area contributed by atoms with E-state index in [1.807, 2.05) is 25.1 Å². The van der Waals surface area contributed by atoms with Crippen molar-refractivity contribution >= 4 is 11.7 Å². The lowest BCUT2D eigenvalue weighted by Crippen LogP contribution is -2.32. The van der Waals surface area contributed by atoms with Crippen LogP contribution in [0.25, 0.3) is 0 Å². The van der Waals surface area contributed by atoms with Gasteiger partial charge in [0.2, 0.25) is 5.91 Å². The Hall–Kier alpha value is -1.64. The summed E-state index contributed by atoms with van der Waals surface area (Å²) in [7, 11) is 0. The maximum Gasteiger partial charge on any atom is 0.220 e. The molecule has 3 nitrogen and oxygen atoms in total. The Labute approximate surface area is 101 Å². The maximum atomic E-state index is 11.4. The van der Waals surface area contributed by atoms with Crippen LogP contribution in [0, 0.1) is 6.92 Å². The quantitative estimate of drug-likeness (QED) is 0.793. The van der Waals surface area contributed by atoms with E-state index < -0.39 is 0 Å². The summed E-state index contributed by atoms with van der Waals surface area (Å²) < 4.78 is 0. The van der Waals surface area contributed by atoms with Crippen LogP contribution in [-0.2, 0) is 4.79 Å². The molecule has 1 aromatic rings. The predicted octanol–water partition coefficient (Wildman–Crippen LogP) is 2.19. The van der Waals surface area contributed by atoms with Gasteiger partial charge in [0.15, 0.2) is 5.78 Å². The number of nitrogens with one attached hydrogen (secondary N) is 1. The smallest absolute Gasteiger partial charge is 0.220 e. The second-order valence-corrected chi connectivity index (χ2v) is 4.67. The number of aryl methyl sites for hydroxylation is 1. The molecule has 0 unspecified atom stereocenters. The zero-order valence-corrected chi connectivity index (χ0v) is 10.2. The first-order valence-corrected chi connectivity index (χ1v) is 5.96. The Kier molecular flexibility index (Phi) is 3.27. The third-order valence-electron chi connectivity index (χ3n) is 3.36. The summed E-state index contributed by atoms with van der Waals surface area (Å²) in [6.07, 6.45) is 1.53.